The summed E-state index contributed by atoms with van der Waals surface area (Å²) < 4.78 is 10.6. The van der Waals surface area contributed by atoms with Crippen LogP contribution in [0.1, 0.15) is 25.3 Å². The molecule has 0 aromatic heterocycles. The minimum atomic E-state index is 0.0985. The average Bonchev–Trinajstić information content (AvgIpc) is 3.22. The SMILES string of the molecule is COc1ccc(CC(=O)N2CCC(N(CCCN3CCOCC3)C(C)=O)C2)cc1. The molecule has 7 heteroatoms. The molecule has 0 radical (unpaired) electrons. The average molecular weight is 404 g/mol. The summed E-state index contributed by atoms with van der Waals surface area (Å²) in [6.07, 6.45) is 2.19. The van der Waals surface area contributed by atoms with Crippen molar-refractivity contribution in [3.8, 4) is 5.75 Å². The van der Waals surface area contributed by atoms with Crippen molar-refractivity contribution in [3.63, 3.8) is 0 Å². The highest BCUT2D eigenvalue weighted by molar-refractivity contribution is 5.79. The second kappa shape index (κ2) is 10.6. The van der Waals surface area contributed by atoms with E-state index in [0.717, 1.165) is 63.5 Å². The number of rotatable bonds is 8. The van der Waals surface area contributed by atoms with Crippen LogP contribution < -0.4 is 4.74 Å². The molecule has 2 aliphatic heterocycles. The summed E-state index contributed by atoms with van der Waals surface area (Å²) in [4.78, 5) is 31.2. The topological polar surface area (TPSA) is 62.3 Å². The van der Waals surface area contributed by atoms with E-state index in [4.69, 9.17) is 9.47 Å². The van der Waals surface area contributed by atoms with E-state index in [0.29, 0.717) is 19.5 Å². The summed E-state index contributed by atoms with van der Waals surface area (Å²) in [6, 6.07) is 7.73. The highest BCUT2D eigenvalue weighted by Gasteiger charge is 2.31. The van der Waals surface area contributed by atoms with E-state index in [1.807, 2.05) is 34.1 Å². The lowest BCUT2D eigenvalue weighted by Gasteiger charge is -2.30. The predicted octanol–water partition coefficient (Wildman–Crippen LogP) is 1.41. The van der Waals surface area contributed by atoms with Crippen molar-refractivity contribution in [2.75, 3.05) is 59.6 Å². The Balaban J connectivity index is 1.47. The van der Waals surface area contributed by atoms with E-state index < -0.39 is 0 Å². The Bertz CT molecular complexity index is 673. The van der Waals surface area contributed by atoms with E-state index in [1.54, 1.807) is 14.0 Å². The smallest absolute Gasteiger partial charge is 0.227 e. The van der Waals surface area contributed by atoms with Gasteiger partial charge in [-0.05, 0) is 30.5 Å². The van der Waals surface area contributed by atoms with Crippen molar-refractivity contribution in [1.29, 1.82) is 0 Å². The van der Waals surface area contributed by atoms with Crippen molar-refractivity contribution in [3.05, 3.63) is 29.8 Å². The largest absolute Gasteiger partial charge is 0.497 e. The maximum absolute atomic E-state index is 12.7. The lowest BCUT2D eigenvalue weighted by Crippen LogP contribution is -2.44. The van der Waals surface area contributed by atoms with Gasteiger partial charge < -0.3 is 19.3 Å². The Kier molecular flexibility index (Phi) is 7.89. The lowest BCUT2D eigenvalue weighted by atomic mass is 10.1. The highest BCUT2D eigenvalue weighted by atomic mass is 16.5. The molecule has 2 saturated heterocycles. The van der Waals surface area contributed by atoms with Gasteiger partial charge in [0, 0.05) is 46.2 Å². The zero-order chi connectivity index (χ0) is 20.6. The molecule has 1 aromatic carbocycles. The van der Waals surface area contributed by atoms with Gasteiger partial charge in [-0.25, -0.2) is 0 Å². The van der Waals surface area contributed by atoms with E-state index in [-0.39, 0.29) is 17.9 Å². The summed E-state index contributed by atoms with van der Waals surface area (Å²) in [7, 11) is 1.63. The number of carbonyl (C=O) groups is 2. The zero-order valence-corrected chi connectivity index (χ0v) is 17.6. The molecule has 3 rings (SSSR count). The van der Waals surface area contributed by atoms with Gasteiger partial charge in [-0.2, -0.15) is 0 Å². The van der Waals surface area contributed by atoms with E-state index >= 15 is 0 Å². The molecular weight excluding hydrogens is 370 g/mol. The maximum Gasteiger partial charge on any atom is 0.227 e. The molecule has 2 aliphatic rings. The zero-order valence-electron chi connectivity index (χ0n) is 17.6. The Morgan fingerprint density at radius 2 is 1.90 bits per heavy atom. The molecule has 7 nitrogen and oxygen atoms in total. The first-order valence-corrected chi connectivity index (χ1v) is 10.5. The number of hydrogen-bond acceptors (Lipinski definition) is 5. The quantitative estimate of drug-likeness (QED) is 0.657. The summed E-state index contributed by atoms with van der Waals surface area (Å²) in [5.41, 5.74) is 0.980. The van der Waals surface area contributed by atoms with Crippen molar-refractivity contribution < 1.29 is 19.1 Å². The Labute approximate surface area is 173 Å². The number of ether oxygens (including phenoxy) is 2. The molecule has 1 unspecified atom stereocenters. The molecule has 0 bridgehead atoms. The van der Waals surface area contributed by atoms with E-state index in [1.165, 1.54) is 0 Å². The first kappa shape index (κ1) is 21.6. The van der Waals surface area contributed by atoms with Crippen LogP contribution >= 0.6 is 0 Å². The molecule has 0 saturated carbocycles. The number of morpholine rings is 1. The van der Waals surface area contributed by atoms with Crippen LogP contribution in [0.15, 0.2) is 24.3 Å². The molecule has 1 aromatic rings. The van der Waals surface area contributed by atoms with E-state index in [9.17, 15) is 9.59 Å². The van der Waals surface area contributed by atoms with Crippen molar-refractivity contribution in [2.45, 2.75) is 32.2 Å². The summed E-state index contributed by atoms with van der Waals surface area (Å²) in [5.74, 6) is 1.01. The Morgan fingerprint density at radius 1 is 1.17 bits per heavy atom. The maximum atomic E-state index is 12.7. The second-order valence-electron chi connectivity index (χ2n) is 7.83. The van der Waals surface area contributed by atoms with Crippen LogP contribution in [0.2, 0.25) is 0 Å². The van der Waals surface area contributed by atoms with Crippen LogP contribution in [0.25, 0.3) is 0 Å². The van der Waals surface area contributed by atoms with Crippen LogP contribution in [-0.2, 0) is 20.7 Å². The minimum absolute atomic E-state index is 0.0985. The monoisotopic (exact) mass is 403 g/mol. The molecule has 2 fully saturated rings. The number of nitrogens with zero attached hydrogens (tertiary/aromatic N) is 3. The van der Waals surface area contributed by atoms with Crippen molar-refractivity contribution >= 4 is 11.8 Å². The normalized spacial score (nSPS) is 19.9. The Morgan fingerprint density at radius 3 is 2.55 bits per heavy atom. The van der Waals surface area contributed by atoms with Gasteiger partial charge in [0.15, 0.2) is 0 Å². The fourth-order valence-corrected chi connectivity index (χ4v) is 4.14. The molecule has 0 spiro atoms. The lowest BCUT2D eigenvalue weighted by molar-refractivity contribution is -0.133. The highest BCUT2D eigenvalue weighted by Crippen LogP contribution is 2.19. The molecule has 29 heavy (non-hydrogen) atoms. The number of carbonyl (C=O) groups excluding carboxylic acids is 2. The first-order chi connectivity index (χ1) is 14.1. The number of hydrogen-bond donors (Lipinski definition) is 0. The third-order valence-electron chi connectivity index (χ3n) is 5.85. The molecule has 1 atom stereocenters. The van der Waals surface area contributed by atoms with Crippen LogP contribution in [0, 0.1) is 0 Å². The van der Waals surface area contributed by atoms with E-state index in [2.05, 4.69) is 4.90 Å². The van der Waals surface area contributed by atoms with Gasteiger partial charge in [0.25, 0.3) is 0 Å². The molecule has 2 heterocycles. The summed E-state index contributed by atoms with van der Waals surface area (Å²) >= 11 is 0. The summed E-state index contributed by atoms with van der Waals surface area (Å²) in [6.45, 7) is 8.25. The third-order valence-corrected chi connectivity index (χ3v) is 5.85. The molecule has 0 aliphatic carbocycles. The van der Waals surface area contributed by atoms with Crippen LogP contribution in [-0.4, -0.2) is 92.1 Å². The van der Waals surface area contributed by atoms with Gasteiger partial charge >= 0.3 is 0 Å². The van der Waals surface area contributed by atoms with Crippen LogP contribution in [0.5, 0.6) is 5.75 Å². The van der Waals surface area contributed by atoms with Gasteiger partial charge in [-0.3, -0.25) is 14.5 Å². The van der Waals surface area contributed by atoms with Crippen LogP contribution in [0.4, 0.5) is 0 Å². The molecule has 0 N–H and O–H groups in total. The van der Waals surface area contributed by atoms with Gasteiger partial charge in [0.2, 0.25) is 11.8 Å². The number of benzene rings is 1. The van der Waals surface area contributed by atoms with Crippen LogP contribution in [0.3, 0.4) is 0 Å². The minimum Gasteiger partial charge on any atom is -0.497 e. The van der Waals surface area contributed by atoms with Gasteiger partial charge in [-0.1, -0.05) is 12.1 Å². The number of likely N-dealkylation sites (tertiary alicyclic amines) is 1. The number of methoxy groups -OCH3 is 1. The summed E-state index contributed by atoms with van der Waals surface area (Å²) in [5, 5.41) is 0. The van der Waals surface area contributed by atoms with Gasteiger partial charge in [0.05, 0.1) is 32.8 Å². The fourth-order valence-electron chi connectivity index (χ4n) is 4.14. The standard InChI is InChI=1S/C22H33N3O4/c1-18(26)25(10-3-9-23-12-14-29-15-13-23)20-8-11-24(17-20)22(27)16-19-4-6-21(28-2)7-5-19/h4-7,20H,3,8-17H2,1-2H3. The number of amides is 2. The first-order valence-electron chi connectivity index (χ1n) is 10.5. The predicted molar refractivity (Wildman–Crippen MR) is 111 cm³/mol. The second-order valence-corrected chi connectivity index (χ2v) is 7.83. The molecule has 2 amide bonds. The van der Waals surface area contributed by atoms with Crippen molar-refractivity contribution in [1.82, 2.24) is 14.7 Å². The molecule has 160 valence electrons. The van der Waals surface area contributed by atoms with Gasteiger partial charge in [0.1, 0.15) is 5.75 Å². The molecular formula is C22H33N3O4. The fraction of sp³-hybridized carbons (Fsp3) is 0.636. The Hall–Kier alpha value is -2.12. The third kappa shape index (κ3) is 6.18. The van der Waals surface area contributed by atoms with Crippen molar-refractivity contribution in [2.24, 2.45) is 0 Å². The van der Waals surface area contributed by atoms with Gasteiger partial charge in [-0.15, -0.1) is 0 Å².